The molecule has 0 aromatic carbocycles. The monoisotopic (exact) mass is 250 g/mol. The number of likely N-dealkylation sites (tertiary alicyclic amines) is 1. The molecule has 1 amide bonds. The molecule has 1 heterocycles. The van der Waals surface area contributed by atoms with E-state index in [-0.39, 0.29) is 30.5 Å². The van der Waals surface area contributed by atoms with Gasteiger partial charge in [0.1, 0.15) is 0 Å². The fraction of sp³-hybridized carbons (Fsp3) is 0.909. The molecule has 0 radical (unpaired) electrons. The molecule has 1 saturated heterocycles. The Balaban J connectivity index is 0.00000225. The van der Waals surface area contributed by atoms with E-state index in [1.54, 1.807) is 0 Å². The number of hydrogen-bond donors (Lipinski definition) is 1. The maximum atomic E-state index is 11.7. The van der Waals surface area contributed by atoms with Gasteiger partial charge in [-0.15, -0.1) is 12.4 Å². The second-order valence-electron chi connectivity index (χ2n) is 4.41. The molecule has 1 aliphatic rings. The SMILES string of the molecule is CC(C)OCCC(=O)N1CCC[C@@H](N)C1.Cl. The molecule has 0 aliphatic carbocycles. The molecule has 16 heavy (non-hydrogen) atoms. The van der Waals surface area contributed by atoms with Crippen molar-refractivity contribution < 1.29 is 9.53 Å². The number of hydrogen-bond acceptors (Lipinski definition) is 3. The average Bonchev–Trinajstić information content (AvgIpc) is 2.17. The van der Waals surface area contributed by atoms with E-state index in [2.05, 4.69) is 0 Å². The highest BCUT2D eigenvalue weighted by molar-refractivity contribution is 5.85. The molecule has 0 unspecified atom stereocenters. The van der Waals surface area contributed by atoms with Crippen LogP contribution in [-0.4, -0.2) is 42.6 Å². The van der Waals surface area contributed by atoms with Crippen molar-refractivity contribution in [2.75, 3.05) is 19.7 Å². The Hall–Kier alpha value is -0.320. The first-order valence-electron chi connectivity index (χ1n) is 5.74. The number of carbonyl (C=O) groups is 1. The highest BCUT2D eigenvalue weighted by atomic mass is 35.5. The van der Waals surface area contributed by atoms with E-state index in [0.717, 1.165) is 19.4 Å². The summed E-state index contributed by atoms with van der Waals surface area (Å²) in [6, 6.07) is 0.161. The third-order valence-electron chi connectivity index (χ3n) is 2.58. The zero-order valence-electron chi connectivity index (χ0n) is 10.1. The lowest BCUT2D eigenvalue weighted by Crippen LogP contribution is -2.45. The van der Waals surface area contributed by atoms with Crippen LogP contribution in [-0.2, 0) is 9.53 Å². The van der Waals surface area contributed by atoms with E-state index in [1.165, 1.54) is 0 Å². The van der Waals surface area contributed by atoms with Gasteiger partial charge in [-0.25, -0.2) is 0 Å². The summed E-state index contributed by atoms with van der Waals surface area (Å²) >= 11 is 0. The Labute approximate surface area is 104 Å². The molecule has 0 aromatic rings. The van der Waals surface area contributed by atoms with E-state index in [9.17, 15) is 4.79 Å². The molecule has 0 bridgehead atoms. The van der Waals surface area contributed by atoms with E-state index in [4.69, 9.17) is 10.5 Å². The third kappa shape index (κ3) is 5.68. The van der Waals surface area contributed by atoms with Gasteiger partial charge in [-0.3, -0.25) is 4.79 Å². The lowest BCUT2D eigenvalue weighted by molar-refractivity contribution is -0.133. The molecule has 0 saturated carbocycles. The largest absolute Gasteiger partial charge is 0.378 e. The van der Waals surface area contributed by atoms with Crippen LogP contribution in [0.5, 0.6) is 0 Å². The van der Waals surface area contributed by atoms with Gasteiger partial charge in [-0.1, -0.05) is 0 Å². The predicted octanol–water partition coefficient (Wildman–Crippen LogP) is 1.17. The fourth-order valence-corrected chi connectivity index (χ4v) is 1.78. The zero-order valence-corrected chi connectivity index (χ0v) is 11.0. The summed E-state index contributed by atoms with van der Waals surface area (Å²) in [6.07, 6.45) is 2.73. The summed E-state index contributed by atoms with van der Waals surface area (Å²) in [7, 11) is 0. The lowest BCUT2D eigenvalue weighted by Gasteiger charge is -2.30. The topological polar surface area (TPSA) is 55.6 Å². The second kappa shape index (κ2) is 7.87. The van der Waals surface area contributed by atoms with Gasteiger partial charge in [0.2, 0.25) is 5.91 Å². The predicted molar refractivity (Wildman–Crippen MR) is 66.7 cm³/mol. The number of halogens is 1. The van der Waals surface area contributed by atoms with Crippen molar-refractivity contribution in [3.05, 3.63) is 0 Å². The Morgan fingerprint density at radius 2 is 2.25 bits per heavy atom. The van der Waals surface area contributed by atoms with E-state index >= 15 is 0 Å². The van der Waals surface area contributed by atoms with Gasteiger partial charge >= 0.3 is 0 Å². The van der Waals surface area contributed by atoms with Gasteiger partial charge in [-0.05, 0) is 26.7 Å². The molecule has 1 rings (SSSR count). The van der Waals surface area contributed by atoms with Crippen molar-refractivity contribution >= 4 is 18.3 Å². The molecule has 0 aromatic heterocycles. The van der Waals surface area contributed by atoms with Crippen LogP contribution in [0.2, 0.25) is 0 Å². The highest BCUT2D eigenvalue weighted by Crippen LogP contribution is 2.09. The molecule has 4 nitrogen and oxygen atoms in total. The first-order valence-corrected chi connectivity index (χ1v) is 5.74. The van der Waals surface area contributed by atoms with Crippen molar-refractivity contribution in [2.24, 2.45) is 5.73 Å². The van der Waals surface area contributed by atoms with E-state index in [0.29, 0.717) is 19.6 Å². The number of piperidine rings is 1. The number of rotatable bonds is 4. The van der Waals surface area contributed by atoms with Crippen molar-refractivity contribution in [2.45, 2.75) is 45.3 Å². The summed E-state index contributed by atoms with van der Waals surface area (Å²) in [5, 5.41) is 0. The summed E-state index contributed by atoms with van der Waals surface area (Å²) in [4.78, 5) is 13.6. The van der Waals surface area contributed by atoms with Crippen molar-refractivity contribution in [1.29, 1.82) is 0 Å². The number of amides is 1. The van der Waals surface area contributed by atoms with Gasteiger partial charge in [0.25, 0.3) is 0 Å². The van der Waals surface area contributed by atoms with Gasteiger partial charge in [0.05, 0.1) is 19.1 Å². The number of carbonyl (C=O) groups excluding carboxylic acids is 1. The molecule has 1 fully saturated rings. The quantitative estimate of drug-likeness (QED) is 0.815. The molecular weight excluding hydrogens is 228 g/mol. The van der Waals surface area contributed by atoms with Crippen LogP contribution in [0.25, 0.3) is 0 Å². The minimum Gasteiger partial charge on any atom is -0.378 e. The third-order valence-corrected chi connectivity index (χ3v) is 2.58. The highest BCUT2D eigenvalue weighted by Gasteiger charge is 2.20. The molecule has 1 aliphatic heterocycles. The number of nitrogens with zero attached hydrogens (tertiary/aromatic N) is 1. The summed E-state index contributed by atoms with van der Waals surface area (Å²) in [6.45, 7) is 6.03. The number of nitrogens with two attached hydrogens (primary N) is 1. The van der Waals surface area contributed by atoms with Crippen LogP contribution in [0.4, 0.5) is 0 Å². The smallest absolute Gasteiger partial charge is 0.224 e. The Bertz CT molecular complexity index is 212. The molecule has 96 valence electrons. The molecule has 0 spiro atoms. The van der Waals surface area contributed by atoms with Crippen molar-refractivity contribution in [3.63, 3.8) is 0 Å². The maximum Gasteiger partial charge on any atom is 0.224 e. The molecular formula is C11H23ClN2O2. The summed E-state index contributed by atoms with van der Waals surface area (Å²) in [5.41, 5.74) is 5.81. The van der Waals surface area contributed by atoms with Crippen molar-refractivity contribution in [1.82, 2.24) is 4.90 Å². The zero-order chi connectivity index (χ0) is 11.3. The Kier molecular flexibility index (Phi) is 7.72. The first-order chi connectivity index (χ1) is 7.09. The van der Waals surface area contributed by atoms with Gasteiger partial charge in [-0.2, -0.15) is 0 Å². The van der Waals surface area contributed by atoms with Gasteiger partial charge in [0.15, 0.2) is 0 Å². The van der Waals surface area contributed by atoms with Crippen LogP contribution < -0.4 is 5.73 Å². The standard InChI is InChI=1S/C11H22N2O2.ClH/c1-9(2)15-7-5-11(14)13-6-3-4-10(12)8-13;/h9-10H,3-8,12H2,1-2H3;1H/t10-;/m1./s1. The summed E-state index contributed by atoms with van der Waals surface area (Å²) in [5.74, 6) is 0.172. The second-order valence-corrected chi connectivity index (χ2v) is 4.41. The average molecular weight is 251 g/mol. The number of ether oxygens (including phenoxy) is 1. The molecule has 2 N–H and O–H groups in total. The van der Waals surface area contributed by atoms with Crippen LogP contribution >= 0.6 is 12.4 Å². The van der Waals surface area contributed by atoms with Crippen LogP contribution in [0, 0.1) is 0 Å². The van der Waals surface area contributed by atoms with Gasteiger partial charge in [0, 0.05) is 19.1 Å². The van der Waals surface area contributed by atoms with E-state index < -0.39 is 0 Å². The fourth-order valence-electron chi connectivity index (χ4n) is 1.78. The summed E-state index contributed by atoms with van der Waals surface area (Å²) < 4.78 is 5.35. The normalized spacial score (nSPS) is 20.8. The first kappa shape index (κ1) is 15.7. The van der Waals surface area contributed by atoms with Gasteiger partial charge < -0.3 is 15.4 Å². The van der Waals surface area contributed by atoms with Crippen LogP contribution in [0.1, 0.15) is 33.1 Å². The van der Waals surface area contributed by atoms with E-state index in [1.807, 2.05) is 18.7 Å². The molecule has 5 heteroatoms. The lowest BCUT2D eigenvalue weighted by atomic mass is 10.1. The molecule has 1 atom stereocenters. The van der Waals surface area contributed by atoms with Crippen LogP contribution in [0.15, 0.2) is 0 Å². The minimum absolute atomic E-state index is 0. The Morgan fingerprint density at radius 1 is 1.56 bits per heavy atom. The van der Waals surface area contributed by atoms with Crippen molar-refractivity contribution in [3.8, 4) is 0 Å². The maximum absolute atomic E-state index is 11.7. The van der Waals surface area contributed by atoms with Crippen LogP contribution in [0.3, 0.4) is 0 Å². The minimum atomic E-state index is 0. The Morgan fingerprint density at radius 3 is 2.81 bits per heavy atom.